The van der Waals surface area contributed by atoms with Crippen LogP contribution in [0, 0.1) is 0 Å². The maximum Gasteiger partial charge on any atom is 0.246 e. The number of nitrogens with zero attached hydrogens (tertiary/aromatic N) is 2. The second-order valence-corrected chi connectivity index (χ2v) is 5.78. The minimum Gasteiger partial charge on any atom is -0.388 e. The van der Waals surface area contributed by atoms with Crippen molar-refractivity contribution in [1.82, 2.24) is 15.1 Å². The first-order valence-electron chi connectivity index (χ1n) is 7.57. The fraction of sp³-hybridized carbons (Fsp3) is 0.857. The molecule has 0 aromatic rings. The lowest BCUT2D eigenvalue weighted by Gasteiger charge is -2.35. The Bertz CT molecular complexity index is 398. The molecule has 0 radical (unpaired) electrons. The van der Waals surface area contributed by atoms with Gasteiger partial charge in [0.2, 0.25) is 11.8 Å². The van der Waals surface area contributed by atoms with E-state index in [9.17, 15) is 14.7 Å². The summed E-state index contributed by atoms with van der Waals surface area (Å²) in [6.45, 7) is 5.39. The standard InChI is InChI=1S/C14H25N3O5/c1-10(18)17-5-3-16(4-6-17)7-12-14(20)11(8-22-12)15-13(19)9-21-2/h11-12,14,20H,3-9H2,1-2H3,(H,15,19)/t11-,12-,14+/m0/s1. The molecule has 0 aliphatic carbocycles. The summed E-state index contributed by atoms with van der Waals surface area (Å²) in [5, 5.41) is 13.0. The third-order valence-electron chi connectivity index (χ3n) is 4.16. The van der Waals surface area contributed by atoms with Crippen LogP contribution < -0.4 is 5.32 Å². The Labute approximate surface area is 130 Å². The van der Waals surface area contributed by atoms with Gasteiger partial charge < -0.3 is 24.8 Å². The van der Waals surface area contributed by atoms with E-state index in [4.69, 9.17) is 9.47 Å². The number of carbonyl (C=O) groups is 2. The maximum absolute atomic E-state index is 11.5. The Kier molecular flexibility index (Phi) is 6.13. The van der Waals surface area contributed by atoms with Gasteiger partial charge in [-0.2, -0.15) is 0 Å². The average Bonchev–Trinajstić information content (AvgIpc) is 2.81. The predicted octanol–water partition coefficient (Wildman–Crippen LogP) is -1.96. The molecule has 2 aliphatic heterocycles. The van der Waals surface area contributed by atoms with E-state index in [0.717, 1.165) is 13.1 Å². The normalized spacial score (nSPS) is 29.6. The Morgan fingerprint density at radius 2 is 2.00 bits per heavy atom. The lowest BCUT2D eigenvalue weighted by molar-refractivity contribution is -0.130. The molecule has 22 heavy (non-hydrogen) atoms. The summed E-state index contributed by atoms with van der Waals surface area (Å²) in [5.74, 6) is -0.163. The van der Waals surface area contributed by atoms with Crippen molar-refractivity contribution in [2.75, 3.05) is 53.0 Å². The summed E-state index contributed by atoms with van der Waals surface area (Å²) in [7, 11) is 1.45. The zero-order chi connectivity index (χ0) is 16.1. The molecular formula is C14H25N3O5. The summed E-state index contributed by atoms with van der Waals surface area (Å²) in [4.78, 5) is 26.8. The lowest BCUT2D eigenvalue weighted by Crippen LogP contribution is -2.52. The minimum absolute atomic E-state index is 0.0269. The van der Waals surface area contributed by atoms with E-state index in [1.54, 1.807) is 6.92 Å². The van der Waals surface area contributed by atoms with Crippen LogP contribution in [0.25, 0.3) is 0 Å². The van der Waals surface area contributed by atoms with E-state index < -0.39 is 12.1 Å². The smallest absolute Gasteiger partial charge is 0.246 e. The SMILES string of the molecule is COCC(=O)N[C@H]1CO[C@@H](CN2CCN(C(C)=O)CC2)[C@@H]1O. The molecule has 3 atom stereocenters. The van der Waals surface area contributed by atoms with Crippen LogP contribution in [0.15, 0.2) is 0 Å². The van der Waals surface area contributed by atoms with Crippen molar-refractivity contribution in [2.24, 2.45) is 0 Å². The Morgan fingerprint density at radius 1 is 1.32 bits per heavy atom. The number of amides is 2. The van der Waals surface area contributed by atoms with Crippen LogP contribution in [0.4, 0.5) is 0 Å². The highest BCUT2D eigenvalue weighted by atomic mass is 16.5. The van der Waals surface area contributed by atoms with Crippen LogP contribution in [-0.4, -0.2) is 98.0 Å². The molecule has 2 fully saturated rings. The van der Waals surface area contributed by atoms with Crippen LogP contribution >= 0.6 is 0 Å². The van der Waals surface area contributed by atoms with Crippen molar-refractivity contribution < 1.29 is 24.2 Å². The Hall–Kier alpha value is -1.22. The molecule has 0 aromatic carbocycles. The summed E-state index contributed by atoms with van der Waals surface area (Å²) in [6, 6.07) is -0.397. The number of aliphatic hydroxyl groups excluding tert-OH is 1. The number of hydrogen-bond donors (Lipinski definition) is 2. The van der Waals surface area contributed by atoms with Gasteiger partial charge in [-0.25, -0.2) is 0 Å². The Balaban J connectivity index is 1.75. The van der Waals surface area contributed by atoms with Gasteiger partial charge in [0.05, 0.1) is 18.8 Å². The third-order valence-corrected chi connectivity index (χ3v) is 4.16. The molecule has 2 aliphatic rings. The summed E-state index contributed by atoms with van der Waals surface area (Å²) in [6.07, 6.45) is -1.05. The van der Waals surface area contributed by atoms with Gasteiger partial charge in [-0.05, 0) is 0 Å². The van der Waals surface area contributed by atoms with Gasteiger partial charge in [-0.3, -0.25) is 14.5 Å². The van der Waals surface area contributed by atoms with Crippen molar-refractivity contribution in [3.8, 4) is 0 Å². The molecule has 8 nitrogen and oxygen atoms in total. The fourth-order valence-corrected chi connectivity index (χ4v) is 2.85. The second kappa shape index (κ2) is 7.87. The van der Waals surface area contributed by atoms with Crippen LogP contribution in [-0.2, 0) is 19.1 Å². The topological polar surface area (TPSA) is 91.3 Å². The fourth-order valence-electron chi connectivity index (χ4n) is 2.85. The van der Waals surface area contributed by atoms with Gasteiger partial charge in [0.25, 0.3) is 0 Å². The maximum atomic E-state index is 11.5. The van der Waals surface area contributed by atoms with E-state index >= 15 is 0 Å². The molecule has 126 valence electrons. The molecule has 0 unspecified atom stereocenters. The van der Waals surface area contributed by atoms with Crippen molar-refractivity contribution in [3.05, 3.63) is 0 Å². The molecule has 2 saturated heterocycles. The number of nitrogens with one attached hydrogen (secondary N) is 1. The molecule has 8 heteroatoms. The van der Waals surface area contributed by atoms with Gasteiger partial charge >= 0.3 is 0 Å². The van der Waals surface area contributed by atoms with E-state index in [0.29, 0.717) is 26.2 Å². The Morgan fingerprint density at radius 3 is 2.59 bits per heavy atom. The molecule has 2 heterocycles. The van der Waals surface area contributed by atoms with Crippen LogP contribution in [0.5, 0.6) is 0 Å². The monoisotopic (exact) mass is 315 g/mol. The minimum atomic E-state index is -0.730. The van der Waals surface area contributed by atoms with E-state index in [1.807, 2.05) is 4.90 Å². The van der Waals surface area contributed by atoms with E-state index in [1.165, 1.54) is 7.11 Å². The quantitative estimate of drug-likeness (QED) is 0.612. The summed E-state index contributed by atoms with van der Waals surface area (Å²) >= 11 is 0. The highest BCUT2D eigenvalue weighted by Crippen LogP contribution is 2.16. The molecule has 0 spiro atoms. The van der Waals surface area contributed by atoms with E-state index in [-0.39, 0.29) is 24.5 Å². The largest absolute Gasteiger partial charge is 0.388 e. The van der Waals surface area contributed by atoms with Gasteiger partial charge in [-0.15, -0.1) is 0 Å². The van der Waals surface area contributed by atoms with Gasteiger partial charge in [0.15, 0.2) is 0 Å². The summed E-state index contributed by atoms with van der Waals surface area (Å²) in [5.41, 5.74) is 0. The first-order valence-corrected chi connectivity index (χ1v) is 7.57. The number of ether oxygens (including phenoxy) is 2. The van der Waals surface area contributed by atoms with Crippen LogP contribution in [0.2, 0.25) is 0 Å². The van der Waals surface area contributed by atoms with Crippen molar-refractivity contribution in [2.45, 2.75) is 25.2 Å². The van der Waals surface area contributed by atoms with Gasteiger partial charge in [0, 0.05) is 46.8 Å². The van der Waals surface area contributed by atoms with Gasteiger partial charge in [-0.1, -0.05) is 0 Å². The van der Waals surface area contributed by atoms with Crippen LogP contribution in [0.1, 0.15) is 6.92 Å². The predicted molar refractivity (Wildman–Crippen MR) is 78.2 cm³/mol. The van der Waals surface area contributed by atoms with Crippen LogP contribution in [0.3, 0.4) is 0 Å². The molecule has 2 amide bonds. The zero-order valence-corrected chi connectivity index (χ0v) is 13.2. The molecule has 0 aromatic heterocycles. The number of rotatable bonds is 5. The molecule has 0 bridgehead atoms. The second-order valence-electron chi connectivity index (χ2n) is 5.78. The number of methoxy groups -OCH3 is 1. The molecule has 2 N–H and O–H groups in total. The first kappa shape index (κ1) is 17.1. The van der Waals surface area contributed by atoms with E-state index in [2.05, 4.69) is 10.2 Å². The molecular weight excluding hydrogens is 290 g/mol. The van der Waals surface area contributed by atoms with Crippen molar-refractivity contribution in [3.63, 3.8) is 0 Å². The third kappa shape index (κ3) is 4.39. The highest BCUT2D eigenvalue weighted by molar-refractivity contribution is 5.77. The summed E-state index contributed by atoms with van der Waals surface area (Å²) < 4.78 is 10.4. The molecule has 0 saturated carbocycles. The number of hydrogen-bond acceptors (Lipinski definition) is 6. The first-order chi connectivity index (χ1) is 10.5. The van der Waals surface area contributed by atoms with Crippen molar-refractivity contribution >= 4 is 11.8 Å². The highest BCUT2D eigenvalue weighted by Gasteiger charge is 2.38. The van der Waals surface area contributed by atoms with Gasteiger partial charge in [0.1, 0.15) is 12.7 Å². The number of aliphatic hydroxyl groups is 1. The van der Waals surface area contributed by atoms with Crippen molar-refractivity contribution in [1.29, 1.82) is 0 Å². The lowest BCUT2D eigenvalue weighted by atomic mass is 10.1. The average molecular weight is 315 g/mol. The molecule has 2 rings (SSSR count). The number of carbonyl (C=O) groups excluding carboxylic acids is 2. The zero-order valence-electron chi connectivity index (χ0n) is 13.2. The number of piperazine rings is 1.